The summed E-state index contributed by atoms with van der Waals surface area (Å²) < 4.78 is 27.4. The highest BCUT2D eigenvalue weighted by Gasteiger charge is 2.30. The van der Waals surface area contributed by atoms with Crippen molar-refractivity contribution in [2.24, 2.45) is 5.92 Å². The molecule has 12 nitrogen and oxygen atoms in total. The molecule has 4 rings (SSSR count). The van der Waals surface area contributed by atoms with E-state index < -0.39 is 22.1 Å². The van der Waals surface area contributed by atoms with E-state index >= 15 is 0 Å². The van der Waals surface area contributed by atoms with Crippen molar-refractivity contribution in [2.45, 2.75) is 0 Å². The zero-order valence-corrected chi connectivity index (χ0v) is 19.9. The SMILES string of the molecule is CN(C)S(=O)(=O)Nc1ccc(-c2ccc(N3CC4=CNCC4C3)nn2)cc1.O=C(O)C=CC(=O)O. The third-order valence-corrected chi connectivity index (χ3v) is 6.70. The molecule has 0 bridgehead atoms. The molecule has 0 radical (unpaired) electrons. The molecule has 0 spiro atoms. The van der Waals surface area contributed by atoms with Crippen LogP contribution in [0.15, 0.2) is 60.3 Å². The molecule has 3 heterocycles. The fourth-order valence-corrected chi connectivity index (χ4v) is 4.02. The van der Waals surface area contributed by atoms with Crippen LogP contribution >= 0.6 is 0 Å². The van der Waals surface area contributed by atoms with Gasteiger partial charge in [-0.15, -0.1) is 10.2 Å². The Labute approximate surface area is 202 Å². The Kier molecular flexibility index (Phi) is 8.04. The van der Waals surface area contributed by atoms with Crippen LogP contribution in [0.25, 0.3) is 11.3 Å². The van der Waals surface area contributed by atoms with Crippen LogP contribution in [0, 0.1) is 5.92 Å². The fourth-order valence-electron chi connectivity index (χ4n) is 3.40. The van der Waals surface area contributed by atoms with Crippen LogP contribution in [0.4, 0.5) is 11.5 Å². The molecule has 2 aromatic rings. The van der Waals surface area contributed by atoms with E-state index in [2.05, 4.69) is 31.3 Å². The number of anilines is 2. The number of carbonyl (C=O) groups is 2. The van der Waals surface area contributed by atoms with Crippen molar-refractivity contribution in [2.75, 3.05) is 43.4 Å². The van der Waals surface area contributed by atoms with Crippen molar-refractivity contribution in [3.63, 3.8) is 0 Å². The maximum Gasteiger partial charge on any atom is 0.328 e. The fraction of sp³-hybridized carbons (Fsp3) is 0.273. The molecular formula is C22H26N6O6S. The van der Waals surface area contributed by atoms with Crippen LogP contribution < -0.4 is 14.9 Å². The minimum absolute atomic E-state index is 0.502. The lowest BCUT2D eigenvalue weighted by molar-refractivity contribution is -0.134. The van der Waals surface area contributed by atoms with E-state index in [1.165, 1.54) is 19.7 Å². The van der Waals surface area contributed by atoms with Crippen LogP contribution in [0.1, 0.15) is 0 Å². The minimum atomic E-state index is -3.51. The van der Waals surface area contributed by atoms with Crippen molar-refractivity contribution >= 4 is 33.7 Å². The summed E-state index contributed by atoms with van der Waals surface area (Å²) in [5, 5.41) is 27.6. The lowest BCUT2D eigenvalue weighted by Crippen LogP contribution is -2.28. The van der Waals surface area contributed by atoms with Gasteiger partial charge in [0.25, 0.3) is 0 Å². The quantitative estimate of drug-likeness (QED) is 0.401. The van der Waals surface area contributed by atoms with Crippen LogP contribution in [0.2, 0.25) is 0 Å². The van der Waals surface area contributed by atoms with E-state index in [1.807, 2.05) is 24.3 Å². The van der Waals surface area contributed by atoms with Crippen molar-refractivity contribution in [1.82, 2.24) is 19.8 Å². The van der Waals surface area contributed by atoms with Crippen LogP contribution in [-0.4, -0.2) is 78.8 Å². The van der Waals surface area contributed by atoms with Crippen LogP contribution in [-0.2, 0) is 19.8 Å². The smallest absolute Gasteiger partial charge is 0.328 e. The molecule has 0 saturated carbocycles. The second kappa shape index (κ2) is 11.0. The highest BCUT2D eigenvalue weighted by Crippen LogP contribution is 2.29. The average molecular weight is 503 g/mol. The normalized spacial score (nSPS) is 16.8. The second-order valence-corrected chi connectivity index (χ2v) is 9.84. The molecule has 1 fully saturated rings. The Hall–Kier alpha value is -3.97. The minimum Gasteiger partial charge on any atom is -0.478 e. The molecule has 1 saturated heterocycles. The molecule has 35 heavy (non-hydrogen) atoms. The number of nitrogens with zero attached hydrogens (tertiary/aromatic N) is 4. The van der Waals surface area contributed by atoms with Gasteiger partial charge < -0.3 is 20.4 Å². The Balaban J connectivity index is 0.000000371. The Bertz CT molecular complexity index is 1210. The Morgan fingerprint density at radius 1 is 1.09 bits per heavy atom. The summed E-state index contributed by atoms with van der Waals surface area (Å²) in [6.45, 7) is 2.86. The van der Waals surface area contributed by atoms with Gasteiger partial charge in [0.2, 0.25) is 0 Å². The number of carboxylic acids is 2. The number of fused-ring (bicyclic) bond motifs is 1. The molecule has 4 N–H and O–H groups in total. The molecule has 1 aromatic carbocycles. The summed E-state index contributed by atoms with van der Waals surface area (Å²) in [6.07, 6.45) is 3.23. The van der Waals surface area contributed by atoms with Crippen LogP contribution in [0.3, 0.4) is 0 Å². The first-order valence-electron chi connectivity index (χ1n) is 10.5. The zero-order valence-electron chi connectivity index (χ0n) is 19.1. The largest absolute Gasteiger partial charge is 0.478 e. The first-order valence-corrected chi connectivity index (χ1v) is 11.9. The standard InChI is InChI=1S/C18H22N6O2S.C4H4O4/c1-23(2)27(25,26)22-16-5-3-13(4-6-16)17-7-8-18(21-20-17)24-11-14-9-19-10-15(14)12-24;5-3(6)1-2-4(7)8/h3-9,15,19,22H,10-12H2,1-2H3;1-2H,(H,5,6)(H,7,8). The van der Waals surface area contributed by atoms with E-state index in [0.29, 0.717) is 23.8 Å². The van der Waals surface area contributed by atoms with Gasteiger partial charge in [0.15, 0.2) is 5.82 Å². The van der Waals surface area contributed by atoms with Crippen LogP contribution in [0.5, 0.6) is 0 Å². The van der Waals surface area contributed by atoms with Crippen molar-refractivity contribution in [3.8, 4) is 11.3 Å². The maximum atomic E-state index is 11.9. The predicted octanol–water partition coefficient (Wildman–Crippen LogP) is 0.997. The topological polar surface area (TPSA) is 165 Å². The van der Waals surface area contributed by atoms with Crippen molar-refractivity contribution in [3.05, 3.63) is 60.3 Å². The Morgan fingerprint density at radius 3 is 2.26 bits per heavy atom. The second-order valence-electron chi connectivity index (χ2n) is 7.96. The first kappa shape index (κ1) is 25.6. The van der Waals surface area contributed by atoms with Gasteiger partial charge in [-0.05, 0) is 36.0 Å². The van der Waals surface area contributed by atoms with E-state index in [4.69, 9.17) is 10.2 Å². The van der Waals surface area contributed by atoms with Gasteiger partial charge in [0.05, 0.1) is 5.69 Å². The summed E-state index contributed by atoms with van der Waals surface area (Å²) in [6, 6.07) is 11.0. The molecule has 0 aliphatic carbocycles. The zero-order chi connectivity index (χ0) is 25.6. The number of hydrogen-bond acceptors (Lipinski definition) is 8. The highest BCUT2D eigenvalue weighted by atomic mass is 32.2. The Morgan fingerprint density at radius 2 is 1.74 bits per heavy atom. The van der Waals surface area contributed by atoms with E-state index in [9.17, 15) is 18.0 Å². The number of rotatable bonds is 7. The van der Waals surface area contributed by atoms with Crippen molar-refractivity contribution < 1.29 is 28.2 Å². The lowest BCUT2D eigenvalue weighted by atomic mass is 10.1. The summed E-state index contributed by atoms with van der Waals surface area (Å²) >= 11 is 0. The average Bonchev–Trinajstić information content (AvgIpc) is 3.41. The first-order chi connectivity index (χ1) is 16.5. The van der Waals surface area contributed by atoms with Gasteiger partial charge in [-0.1, -0.05) is 12.1 Å². The highest BCUT2D eigenvalue weighted by molar-refractivity contribution is 7.90. The molecule has 0 amide bonds. The molecule has 2 aliphatic heterocycles. The molecule has 1 unspecified atom stereocenters. The molecule has 1 atom stereocenters. The third kappa shape index (κ3) is 7.01. The number of aliphatic carboxylic acids is 2. The molecule has 2 aliphatic rings. The predicted molar refractivity (Wildman–Crippen MR) is 130 cm³/mol. The summed E-state index contributed by atoms with van der Waals surface area (Å²) in [5.41, 5.74) is 3.56. The summed E-state index contributed by atoms with van der Waals surface area (Å²) in [5.74, 6) is -1.06. The number of carboxylic acid groups (broad SMARTS) is 2. The maximum absolute atomic E-state index is 11.9. The number of aromatic nitrogens is 2. The number of hydrogen-bond donors (Lipinski definition) is 4. The van der Waals surface area contributed by atoms with Gasteiger partial charge in [-0.2, -0.15) is 12.7 Å². The summed E-state index contributed by atoms with van der Waals surface area (Å²) in [7, 11) is -0.548. The molecule has 13 heteroatoms. The van der Waals surface area contributed by atoms with Gasteiger partial charge >= 0.3 is 22.1 Å². The van der Waals surface area contributed by atoms with Gasteiger partial charge in [-0.25, -0.2) is 9.59 Å². The van der Waals surface area contributed by atoms with E-state index in [1.54, 1.807) is 12.1 Å². The van der Waals surface area contributed by atoms with E-state index in [0.717, 1.165) is 41.0 Å². The van der Waals surface area contributed by atoms with E-state index in [-0.39, 0.29) is 0 Å². The van der Waals surface area contributed by atoms with Gasteiger partial charge in [0.1, 0.15) is 0 Å². The monoisotopic (exact) mass is 502 g/mol. The summed E-state index contributed by atoms with van der Waals surface area (Å²) in [4.78, 5) is 21.4. The molecule has 186 valence electrons. The lowest BCUT2D eigenvalue weighted by Gasteiger charge is -2.17. The number of nitrogens with one attached hydrogen (secondary N) is 2. The molecular weight excluding hydrogens is 476 g/mol. The number of benzene rings is 1. The third-order valence-electron chi connectivity index (χ3n) is 5.24. The molecule has 1 aromatic heterocycles. The van der Waals surface area contributed by atoms with Gasteiger partial charge in [-0.3, -0.25) is 4.72 Å². The van der Waals surface area contributed by atoms with Gasteiger partial charge in [0, 0.05) is 63.1 Å². The van der Waals surface area contributed by atoms with Crippen molar-refractivity contribution in [1.29, 1.82) is 0 Å².